The first-order chi connectivity index (χ1) is 14.0. The zero-order chi connectivity index (χ0) is 20.0. The van der Waals surface area contributed by atoms with Crippen molar-refractivity contribution in [3.63, 3.8) is 0 Å². The van der Waals surface area contributed by atoms with E-state index in [9.17, 15) is 9.18 Å². The highest BCUT2D eigenvalue weighted by molar-refractivity contribution is 5.99. The summed E-state index contributed by atoms with van der Waals surface area (Å²) < 4.78 is 22.0. The van der Waals surface area contributed by atoms with Crippen LogP contribution in [0.5, 0.6) is 0 Å². The van der Waals surface area contributed by atoms with Crippen molar-refractivity contribution in [2.75, 3.05) is 31.6 Å². The Morgan fingerprint density at radius 1 is 1.28 bits per heavy atom. The summed E-state index contributed by atoms with van der Waals surface area (Å²) in [5.41, 5.74) is 0.145. The van der Waals surface area contributed by atoms with Gasteiger partial charge in [0.2, 0.25) is 5.67 Å². The number of anilines is 1. The first-order valence-electron chi connectivity index (χ1n) is 9.72. The number of alkyl halides is 1. The molecule has 0 bridgehead atoms. The molecule has 2 aliphatic heterocycles. The van der Waals surface area contributed by atoms with E-state index in [4.69, 9.17) is 4.74 Å². The molecule has 1 unspecified atom stereocenters. The van der Waals surface area contributed by atoms with Crippen LogP contribution in [0.3, 0.4) is 0 Å². The van der Waals surface area contributed by atoms with Crippen molar-refractivity contribution < 1.29 is 13.9 Å². The summed E-state index contributed by atoms with van der Waals surface area (Å²) >= 11 is 0. The molecule has 8 heteroatoms. The molecule has 0 spiro atoms. The maximum Gasteiger partial charge on any atom is 0.265 e. The average molecular weight is 395 g/mol. The summed E-state index contributed by atoms with van der Waals surface area (Å²) in [5.74, 6) is -0.290. The van der Waals surface area contributed by atoms with Crippen LogP contribution in [-0.2, 0) is 16.6 Å². The highest BCUT2D eigenvalue weighted by Gasteiger charge is 2.50. The molecule has 2 fully saturated rings. The molecule has 3 aromatic rings. The van der Waals surface area contributed by atoms with Crippen LogP contribution in [0.15, 0.2) is 42.9 Å². The molecule has 0 saturated carbocycles. The van der Waals surface area contributed by atoms with Crippen LogP contribution in [0.2, 0.25) is 0 Å². The number of hydrogen-bond donors (Lipinski definition) is 1. The van der Waals surface area contributed by atoms with Gasteiger partial charge in [-0.3, -0.25) is 14.4 Å². The number of hydrogen-bond acceptors (Lipinski definition) is 5. The van der Waals surface area contributed by atoms with Gasteiger partial charge in [0, 0.05) is 56.6 Å². The minimum Gasteiger partial charge on any atom is -0.377 e. The molecule has 150 valence electrons. The molecule has 2 aliphatic rings. The largest absolute Gasteiger partial charge is 0.377 e. The van der Waals surface area contributed by atoms with Crippen LogP contribution in [0.4, 0.5) is 10.2 Å². The van der Waals surface area contributed by atoms with Gasteiger partial charge in [-0.05, 0) is 29.5 Å². The lowest BCUT2D eigenvalue weighted by atomic mass is 9.94. The fraction of sp³-hybridized carbons (Fsp3) is 0.381. The zero-order valence-electron chi connectivity index (χ0n) is 16.1. The monoisotopic (exact) mass is 395 g/mol. The Bertz CT molecular complexity index is 1070. The van der Waals surface area contributed by atoms with E-state index >= 15 is 0 Å². The van der Waals surface area contributed by atoms with E-state index in [2.05, 4.69) is 15.4 Å². The maximum absolute atomic E-state index is 14.9. The Labute approximate surface area is 167 Å². The highest BCUT2D eigenvalue weighted by atomic mass is 19.1. The number of fused-ring (bicyclic) bond motifs is 1. The van der Waals surface area contributed by atoms with E-state index in [-0.39, 0.29) is 19.2 Å². The number of likely N-dealkylation sites (tertiary alicyclic amines) is 1. The smallest absolute Gasteiger partial charge is 0.265 e. The molecule has 0 aliphatic carbocycles. The predicted molar refractivity (Wildman–Crippen MR) is 107 cm³/mol. The van der Waals surface area contributed by atoms with E-state index in [0.717, 1.165) is 34.9 Å². The number of carbonyl (C=O) groups excluding carboxylic acids is 1. The molecule has 2 aromatic heterocycles. The first-order valence-corrected chi connectivity index (χ1v) is 9.72. The molecule has 2 saturated heterocycles. The quantitative estimate of drug-likeness (QED) is 0.718. The fourth-order valence-corrected chi connectivity index (χ4v) is 3.84. The minimum atomic E-state index is -1.88. The summed E-state index contributed by atoms with van der Waals surface area (Å²) in [5, 5.41) is 8.71. The van der Waals surface area contributed by atoms with Crippen LogP contribution in [0, 0.1) is 0 Å². The molecular formula is C21H22FN5O2. The number of ether oxygens (including phenoxy) is 1. The molecule has 29 heavy (non-hydrogen) atoms. The van der Waals surface area contributed by atoms with Crippen LogP contribution in [0.1, 0.15) is 6.42 Å². The van der Waals surface area contributed by atoms with E-state index in [1.807, 2.05) is 36.3 Å². The van der Waals surface area contributed by atoms with E-state index in [1.165, 1.54) is 0 Å². The fourth-order valence-electron chi connectivity index (χ4n) is 3.84. The summed E-state index contributed by atoms with van der Waals surface area (Å²) in [6.07, 6.45) is 6.61. The van der Waals surface area contributed by atoms with E-state index in [1.54, 1.807) is 23.1 Å². The Hall–Kier alpha value is -2.84. The molecule has 4 heterocycles. The summed E-state index contributed by atoms with van der Waals surface area (Å²) in [6.45, 7) is 1.65. The Morgan fingerprint density at radius 2 is 2.10 bits per heavy atom. The number of nitrogens with zero attached hydrogens (tertiary/aromatic N) is 4. The number of nitrogens with one attached hydrogen (secondary N) is 1. The standard InChI is InChI=1S/C21H22FN5O2/c1-26-10-17(9-24-26)14-2-3-15-8-23-19(7-16(15)6-14)25-20(28)21(22)12-27(13-21)11-18-4-5-29-18/h2-3,6-10,18H,4-5,11-13H2,1H3,(H,23,25,28). The van der Waals surface area contributed by atoms with E-state index in [0.29, 0.717) is 12.4 Å². The van der Waals surface area contributed by atoms with Gasteiger partial charge in [-0.25, -0.2) is 9.37 Å². The Morgan fingerprint density at radius 3 is 2.79 bits per heavy atom. The Kier molecular flexibility index (Phi) is 4.33. The normalized spacial score (nSPS) is 20.8. The minimum absolute atomic E-state index is 0.0947. The summed E-state index contributed by atoms with van der Waals surface area (Å²) in [7, 11) is 1.87. The number of benzene rings is 1. The van der Waals surface area contributed by atoms with Crippen molar-refractivity contribution in [1.82, 2.24) is 19.7 Å². The molecule has 1 amide bonds. The van der Waals surface area contributed by atoms with Crippen LogP contribution in [0.25, 0.3) is 21.9 Å². The van der Waals surface area contributed by atoms with Gasteiger partial charge in [0.1, 0.15) is 5.82 Å². The van der Waals surface area contributed by atoms with Crippen molar-refractivity contribution in [2.24, 2.45) is 7.05 Å². The lowest BCUT2D eigenvalue weighted by Crippen LogP contribution is -2.66. The Balaban J connectivity index is 1.29. The van der Waals surface area contributed by atoms with Crippen LogP contribution in [-0.4, -0.2) is 63.6 Å². The van der Waals surface area contributed by atoms with Crippen molar-refractivity contribution in [1.29, 1.82) is 0 Å². The lowest BCUT2D eigenvalue weighted by molar-refractivity contribution is -0.146. The van der Waals surface area contributed by atoms with Crippen molar-refractivity contribution >= 4 is 22.5 Å². The van der Waals surface area contributed by atoms with Crippen LogP contribution >= 0.6 is 0 Å². The predicted octanol–water partition coefficient (Wildman–Crippen LogP) is 2.39. The summed E-state index contributed by atoms with van der Waals surface area (Å²) in [4.78, 5) is 18.6. The van der Waals surface area contributed by atoms with Gasteiger partial charge < -0.3 is 10.1 Å². The van der Waals surface area contributed by atoms with Crippen molar-refractivity contribution in [2.45, 2.75) is 18.2 Å². The molecular weight excluding hydrogens is 373 g/mol. The average Bonchev–Trinajstić information content (AvgIpc) is 3.08. The molecule has 1 aromatic carbocycles. The number of amides is 1. The third-order valence-corrected chi connectivity index (χ3v) is 5.61. The third-order valence-electron chi connectivity index (χ3n) is 5.61. The van der Waals surface area contributed by atoms with Gasteiger partial charge in [0.15, 0.2) is 0 Å². The maximum atomic E-state index is 14.9. The van der Waals surface area contributed by atoms with Crippen molar-refractivity contribution in [3.8, 4) is 11.1 Å². The van der Waals surface area contributed by atoms with Crippen molar-refractivity contribution in [3.05, 3.63) is 42.9 Å². The second-order valence-electron chi connectivity index (χ2n) is 7.90. The van der Waals surface area contributed by atoms with Gasteiger partial charge in [-0.2, -0.15) is 5.10 Å². The number of rotatable bonds is 5. The van der Waals surface area contributed by atoms with Crippen LogP contribution < -0.4 is 5.32 Å². The van der Waals surface area contributed by atoms with Gasteiger partial charge >= 0.3 is 0 Å². The molecule has 7 nitrogen and oxygen atoms in total. The third kappa shape index (κ3) is 3.49. The van der Waals surface area contributed by atoms with E-state index < -0.39 is 11.6 Å². The lowest BCUT2D eigenvalue weighted by Gasteiger charge is -2.45. The van der Waals surface area contributed by atoms with Gasteiger partial charge in [0.25, 0.3) is 5.91 Å². The first kappa shape index (κ1) is 18.2. The van der Waals surface area contributed by atoms with Gasteiger partial charge in [0.05, 0.1) is 12.3 Å². The number of carbonyl (C=O) groups is 1. The zero-order valence-corrected chi connectivity index (χ0v) is 16.1. The number of pyridine rings is 1. The highest BCUT2D eigenvalue weighted by Crippen LogP contribution is 2.30. The second-order valence-corrected chi connectivity index (χ2v) is 7.90. The van der Waals surface area contributed by atoms with Gasteiger partial charge in [-0.1, -0.05) is 12.1 Å². The number of aryl methyl sites for hydroxylation is 1. The number of aromatic nitrogens is 3. The SMILES string of the molecule is Cn1cc(-c2ccc3cnc(NC(=O)C4(F)CN(CC5CCO5)C4)cc3c2)cn1. The summed E-state index contributed by atoms with van der Waals surface area (Å²) in [6, 6.07) is 7.76. The topological polar surface area (TPSA) is 72.3 Å². The molecule has 1 N–H and O–H groups in total. The number of halogens is 1. The second kappa shape index (κ2) is 6.89. The molecule has 5 rings (SSSR count). The molecule has 0 radical (unpaired) electrons. The molecule has 1 atom stereocenters. The van der Waals surface area contributed by atoms with Gasteiger partial charge in [-0.15, -0.1) is 0 Å².